The van der Waals surface area contributed by atoms with Gasteiger partial charge in [0.15, 0.2) is 0 Å². The van der Waals surface area contributed by atoms with E-state index in [0.717, 1.165) is 23.7 Å². The smallest absolute Gasteiger partial charge is 0.0162 e. The van der Waals surface area contributed by atoms with Gasteiger partial charge in [0.05, 0.1) is 0 Å². The minimum atomic E-state index is 0.723. The highest BCUT2D eigenvalue weighted by atomic mass is 14.4. The van der Waals surface area contributed by atoms with Gasteiger partial charge in [-0.05, 0) is 80.3 Å². The van der Waals surface area contributed by atoms with Gasteiger partial charge >= 0.3 is 0 Å². The average Bonchev–Trinajstić information content (AvgIpc) is 2.63. The third kappa shape index (κ3) is 4.32. The lowest BCUT2D eigenvalue weighted by Gasteiger charge is -2.38. The minimum absolute atomic E-state index is 0.723. The second-order valence-corrected chi connectivity index (χ2v) is 8.57. The summed E-state index contributed by atoms with van der Waals surface area (Å²) in [6.45, 7) is 8.95. The Bertz CT molecular complexity index is 507. The Morgan fingerprint density at radius 1 is 0.875 bits per heavy atom. The van der Waals surface area contributed by atoms with Crippen molar-refractivity contribution in [3.8, 4) is 0 Å². The van der Waals surface area contributed by atoms with Gasteiger partial charge in [0.25, 0.3) is 0 Å². The molecule has 0 heterocycles. The summed E-state index contributed by atoms with van der Waals surface area (Å²) in [5.74, 6) is 3.81. The minimum Gasteiger partial charge on any atom is -0.0950 e. The Labute approximate surface area is 149 Å². The van der Waals surface area contributed by atoms with Crippen LogP contribution in [-0.4, -0.2) is 0 Å². The average molecular weight is 325 g/mol. The van der Waals surface area contributed by atoms with Crippen LogP contribution in [0.3, 0.4) is 0 Å². The molecule has 1 aromatic rings. The molecular formula is C24H36. The first-order chi connectivity index (χ1) is 11.7. The van der Waals surface area contributed by atoms with Crippen LogP contribution in [0.25, 0.3) is 5.57 Å². The van der Waals surface area contributed by atoms with Gasteiger partial charge in [-0.1, -0.05) is 69.0 Å². The summed E-state index contributed by atoms with van der Waals surface area (Å²) in [5.41, 5.74) is 4.10. The van der Waals surface area contributed by atoms with E-state index in [-0.39, 0.29) is 0 Å². The van der Waals surface area contributed by atoms with E-state index >= 15 is 0 Å². The van der Waals surface area contributed by atoms with Crippen LogP contribution in [0.2, 0.25) is 0 Å². The number of benzene rings is 1. The molecule has 0 unspecified atom stereocenters. The predicted octanol–water partition coefficient (Wildman–Crippen LogP) is 7.42. The molecule has 0 aromatic heterocycles. The highest BCUT2D eigenvalue weighted by molar-refractivity contribution is 5.65. The molecule has 0 heteroatoms. The molecule has 0 atom stereocenters. The molecule has 0 saturated heterocycles. The highest BCUT2D eigenvalue weighted by Gasteiger charge is 2.31. The lowest BCUT2D eigenvalue weighted by molar-refractivity contribution is 0.154. The molecular weight excluding hydrogens is 288 g/mol. The number of hydrogen-bond donors (Lipinski definition) is 0. The zero-order chi connectivity index (χ0) is 16.9. The van der Waals surface area contributed by atoms with Crippen LogP contribution in [-0.2, 0) is 0 Å². The molecule has 1 aromatic carbocycles. The van der Waals surface area contributed by atoms with Crippen molar-refractivity contribution in [1.29, 1.82) is 0 Å². The molecule has 2 aliphatic carbocycles. The van der Waals surface area contributed by atoms with E-state index in [1.807, 2.05) is 0 Å². The normalized spacial score (nSPS) is 30.9. The van der Waals surface area contributed by atoms with Crippen LogP contribution in [0.1, 0.15) is 82.3 Å². The Balaban J connectivity index is 1.47. The van der Waals surface area contributed by atoms with Crippen LogP contribution >= 0.6 is 0 Å². The lowest BCUT2D eigenvalue weighted by atomic mass is 9.67. The molecule has 2 saturated carbocycles. The van der Waals surface area contributed by atoms with E-state index in [9.17, 15) is 0 Å². The van der Waals surface area contributed by atoms with Gasteiger partial charge in [-0.3, -0.25) is 0 Å². The predicted molar refractivity (Wildman–Crippen MR) is 106 cm³/mol. The van der Waals surface area contributed by atoms with Gasteiger partial charge in [0.1, 0.15) is 0 Å². The van der Waals surface area contributed by atoms with E-state index < -0.39 is 0 Å². The van der Waals surface area contributed by atoms with Crippen molar-refractivity contribution in [2.24, 2.45) is 23.7 Å². The molecule has 0 N–H and O–H groups in total. The van der Waals surface area contributed by atoms with Crippen molar-refractivity contribution in [2.45, 2.75) is 78.1 Å². The van der Waals surface area contributed by atoms with Crippen molar-refractivity contribution < 1.29 is 0 Å². The van der Waals surface area contributed by atoms with Gasteiger partial charge in [-0.25, -0.2) is 0 Å². The summed E-state index contributed by atoms with van der Waals surface area (Å²) in [4.78, 5) is 0. The Morgan fingerprint density at radius 3 is 1.96 bits per heavy atom. The lowest BCUT2D eigenvalue weighted by Crippen LogP contribution is -2.26. The summed E-state index contributed by atoms with van der Waals surface area (Å²) in [7, 11) is 0. The third-order valence-electron chi connectivity index (χ3n) is 6.94. The molecule has 0 amide bonds. The molecule has 2 aliphatic rings. The van der Waals surface area contributed by atoms with Crippen LogP contribution in [0.4, 0.5) is 0 Å². The van der Waals surface area contributed by atoms with Crippen LogP contribution < -0.4 is 0 Å². The highest BCUT2D eigenvalue weighted by Crippen LogP contribution is 2.44. The molecule has 24 heavy (non-hydrogen) atoms. The Kier molecular flexibility index (Phi) is 6.19. The molecule has 2 fully saturated rings. The van der Waals surface area contributed by atoms with Crippen molar-refractivity contribution in [2.75, 3.05) is 0 Å². The van der Waals surface area contributed by atoms with Crippen LogP contribution in [0.5, 0.6) is 0 Å². The molecule has 0 aliphatic heterocycles. The van der Waals surface area contributed by atoms with E-state index in [4.69, 9.17) is 0 Å². The SMILES string of the molecule is C=C(c1ccc(C)cc1)C1CCC(C2CCC(CCC)CC2)CC1. The zero-order valence-electron chi connectivity index (χ0n) is 15.9. The first-order valence-electron chi connectivity index (χ1n) is 10.4. The third-order valence-corrected chi connectivity index (χ3v) is 6.94. The fourth-order valence-electron chi connectivity index (χ4n) is 5.30. The van der Waals surface area contributed by atoms with Gasteiger partial charge in [0, 0.05) is 0 Å². The van der Waals surface area contributed by atoms with E-state index in [2.05, 4.69) is 44.7 Å². The van der Waals surface area contributed by atoms with Gasteiger partial charge in [-0.2, -0.15) is 0 Å². The van der Waals surface area contributed by atoms with Gasteiger partial charge in [-0.15, -0.1) is 0 Å². The molecule has 0 bridgehead atoms. The largest absolute Gasteiger partial charge is 0.0950 e. The van der Waals surface area contributed by atoms with E-state index in [0.29, 0.717) is 0 Å². The maximum atomic E-state index is 4.45. The summed E-state index contributed by atoms with van der Waals surface area (Å²) in [6, 6.07) is 8.97. The quantitative estimate of drug-likeness (QED) is 0.528. The molecule has 0 radical (unpaired) electrons. The monoisotopic (exact) mass is 324 g/mol. The standard InChI is InChI=1S/C24H36/c1-4-5-20-8-12-23(13-9-20)24-16-14-22(15-17-24)19(3)21-10-6-18(2)7-11-21/h6-7,10-11,20,22-24H,3-5,8-9,12-17H2,1-2H3. The fourth-order valence-corrected chi connectivity index (χ4v) is 5.30. The molecule has 3 rings (SSSR count). The van der Waals surface area contributed by atoms with Crippen molar-refractivity contribution >= 4 is 5.57 Å². The number of rotatable bonds is 5. The molecule has 0 nitrogen and oxygen atoms in total. The summed E-state index contributed by atoms with van der Waals surface area (Å²) in [6.07, 6.45) is 14.5. The van der Waals surface area contributed by atoms with Crippen molar-refractivity contribution in [1.82, 2.24) is 0 Å². The summed E-state index contributed by atoms with van der Waals surface area (Å²) < 4.78 is 0. The summed E-state index contributed by atoms with van der Waals surface area (Å²) in [5, 5.41) is 0. The number of hydrogen-bond acceptors (Lipinski definition) is 0. The number of allylic oxidation sites excluding steroid dienone is 1. The molecule has 0 spiro atoms. The van der Waals surface area contributed by atoms with E-state index in [1.165, 1.54) is 80.9 Å². The summed E-state index contributed by atoms with van der Waals surface area (Å²) >= 11 is 0. The maximum absolute atomic E-state index is 4.45. The fraction of sp³-hybridized carbons (Fsp3) is 0.667. The van der Waals surface area contributed by atoms with Crippen molar-refractivity contribution in [3.05, 3.63) is 42.0 Å². The zero-order valence-corrected chi connectivity index (χ0v) is 15.9. The van der Waals surface area contributed by atoms with Crippen molar-refractivity contribution in [3.63, 3.8) is 0 Å². The van der Waals surface area contributed by atoms with Gasteiger partial charge < -0.3 is 0 Å². The first-order valence-corrected chi connectivity index (χ1v) is 10.4. The Morgan fingerprint density at radius 2 is 1.42 bits per heavy atom. The first kappa shape index (κ1) is 17.8. The van der Waals surface area contributed by atoms with Crippen LogP contribution in [0, 0.1) is 30.6 Å². The second-order valence-electron chi connectivity index (χ2n) is 8.57. The Hall–Kier alpha value is -1.04. The second kappa shape index (κ2) is 8.37. The number of aryl methyl sites for hydroxylation is 1. The topological polar surface area (TPSA) is 0 Å². The van der Waals surface area contributed by atoms with Crippen LogP contribution in [0.15, 0.2) is 30.8 Å². The van der Waals surface area contributed by atoms with E-state index in [1.54, 1.807) is 0 Å². The molecule has 132 valence electrons. The maximum Gasteiger partial charge on any atom is -0.0162 e. The van der Waals surface area contributed by atoms with Gasteiger partial charge in [0.2, 0.25) is 0 Å².